The largest absolute Gasteiger partial charge is 0.384 e. The highest BCUT2D eigenvalue weighted by molar-refractivity contribution is 7.99. The Bertz CT molecular complexity index is 321. The Labute approximate surface area is 98.2 Å². The molecule has 1 nitrogen and oxygen atoms in total. The SMILES string of the molecule is CC1CNc2cc(Cl)c(Cl)cc2SC1. The van der Waals surface area contributed by atoms with E-state index in [1.165, 1.54) is 4.90 Å². The fourth-order valence-corrected chi connectivity index (χ4v) is 2.82. The molecule has 1 aliphatic rings. The summed E-state index contributed by atoms with van der Waals surface area (Å²) in [4.78, 5) is 1.20. The maximum Gasteiger partial charge on any atom is 0.0613 e. The van der Waals surface area contributed by atoms with Gasteiger partial charge >= 0.3 is 0 Å². The van der Waals surface area contributed by atoms with Crippen LogP contribution in [0.15, 0.2) is 17.0 Å². The Kier molecular flexibility index (Phi) is 3.15. The van der Waals surface area contributed by atoms with E-state index in [-0.39, 0.29) is 0 Å². The first kappa shape index (κ1) is 10.5. The molecule has 0 fully saturated rings. The monoisotopic (exact) mass is 247 g/mol. The van der Waals surface area contributed by atoms with E-state index in [0.717, 1.165) is 18.0 Å². The van der Waals surface area contributed by atoms with E-state index in [0.29, 0.717) is 16.0 Å². The van der Waals surface area contributed by atoms with Gasteiger partial charge in [-0.25, -0.2) is 0 Å². The lowest BCUT2D eigenvalue weighted by Gasteiger charge is -2.08. The van der Waals surface area contributed by atoms with Crippen LogP contribution in [0, 0.1) is 5.92 Å². The van der Waals surface area contributed by atoms with E-state index in [1.54, 1.807) is 0 Å². The van der Waals surface area contributed by atoms with Crippen LogP contribution in [0.4, 0.5) is 5.69 Å². The lowest BCUT2D eigenvalue weighted by atomic mass is 10.2. The summed E-state index contributed by atoms with van der Waals surface area (Å²) in [7, 11) is 0. The van der Waals surface area contributed by atoms with Gasteiger partial charge in [0.1, 0.15) is 0 Å². The number of benzene rings is 1. The average molecular weight is 248 g/mol. The van der Waals surface area contributed by atoms with Gasteiger partial charge in [0.05, 0.1) is 10.0 Å². The van der Waals surface area contributed by atoms with Gasteiger partial charge in [-0.3, -0.25) is 0 Å². The predicted octanol–water partition coefficient (Wildman–Crippen LogP) is 4.15. The third-order valence-corrected chi connectivity index (χ3v) is 4.29. The van der Waals surface area contributed by atoms with Crippen molar-refractivity contribution in [3.8, 4) is 0 Å². The van der Waals surface area contributed by atoms with Crippen LogP contribution in [-0.4, -0.2) is 12.3 Å². The minimum absolute atomic E-state index is 0.619. The molecule has 0 radical (unpaired) electrons. The normalized spacial score (nSPS) is 20.9. The van der Waals surface area contributed by atoms with Gasteiger partial charge in [-0.05, 0) is 18.1 Å². The Morgan fingerprint density at radius 3 is 2.86 bits per heavy atom. The van der Waals surface area contributed by atoms with Gasteiger partial charge in [0.25, 0.3) is 0 Å². The molecule has 1 aromatic carbocycles. The van der Waals surface area contributed by atoms with Crippen molar-refractivity contribution < 1.29 is 0 Å². The first-order chi connectivity index (χ1) is 6.66. The van der Waals surface area contributed by atoms with Gasteiger partial charge in [-0.15, -0.1) is 11.8 Å². The van der Waals surface area contributed by atoms with E-state index in [9.17, 15) is 0 Å². The number of hydrogen-bond acceptors (Lipinski definition) is 2. The quantitative estimate of drug-likeness (QED) is 0.740. The van der Waals surface area contributed by atoms with Crippen LogP contribution >= 0.6 is 35.0 Å². The van der Waals surface area contributed by atoms with Crippen molar-refractivity contribution in [2.45, 2.75) is 11.8 Å². The summed E-state index contributed by atoms with van der Waals surface area (Å²) in [6.45, 7) is 3.23. The molecule has 2 rings (SSSR count). The average Bonchev–Trinajstić information content (AvgIpc) is 2.31. The lowest BCUT2D eigenvalue weighted by molar-refractivity contribution is 0.705. The molecule has 76 valence electrons. The molecule has 0 amide bonds. The number of fused-ring (bicyclic) bond motifs is 1. The molecule has 1 aliphatic heterocycles. The fraction of sp³-hybridized carbons (Fsp3) is 0.400. The Morgan fingerprint density at radius 1 is 1.36 bits per heavy atom. The zero-order valence-corrected chi connectivity index (χ0v) is 10.1. The lowest BCUT2D eigenvalue weighted by Crippen LogP contribution is -2.10. The highest BCUT2D eigenvalue weighted by atomic mass is 35.5. The molecule has 0 saturated carbocycles. The summed E-state index contributed by atoms with van der Waals surface area (Å²) >= 11 is 13.8. The van der Waals surface area contributed by atoms with Crippen molar-refractivity contribution in [1.82, 2.24) is 0 Å². The first-order valence-electron chi connectivity index (χ1n) is 4.52. The number of nitrogens with one attached hydrogen (secondary N) is 1. The topological polar surface area (TPSA) is 12.0 Å². The zero-order valence-electron chi connectivity index (χ0n) is 7.81. The summed E-state index contributed by atoms with van der Waals surface area (Å²) in [6.07, 6.45) is 0. The zero-order chi connectivity index (χ0) is 10.1. The molecule has 0 aromatic heterocycles. The minimum Gasteiger partial charge on any atom is -0.384 e. The van der Waals surface area contributed by atoms with Crippen molar-refractivity contribution in [3.05, 3.63) is 22.2 Å². The van der Waals surface area contributed by atoms with Gasteiger partial charge in [-0.2, -0.15) is 0 Å². The smallest absolute Gasteiger partial charge is 0.0613 e. The van der Waals surface area contributed by atoms with Gasteiger partial charge in [0.15, 0.2) is 0 Å². The summed E-state index contributed by atoms with van der Waals surface area (Å²) in [6, 6.07) is 3.85. The highest BCUT2D eigenvalue weighted by Crippen LogP contribution is 2.37. The summed E-state index contributed by atoms with van der Waals surface area (Å²) in [5, 5.41) is 4.63. The van der Waals surface area contributed by atoms with E-state index in [2.05, 4.69) is 12.2 Å². The highest BCUT2D eigenvalue weighted by Gasteiger charge is 2.14. The second-order valence-electron chi connectivity index (χ2n) is 3.56. The van der Waals surface area contributed by atoms with E-state index >= 15 is 0 Å². The summed E-state index contributed by atoms with van der Waals surface area (Å²) in [5.41, 5.74) is 1.11. The Balaban J connectivity index is 2.36. The number of halogens is 2. The molecule has 1 heterocycles. The van der Waals surface area contributed by atoms with Crippen LogP contribution in [0.1, 0.15) is 6.92 Å². The fourth-order valence-electron chi connectivity index (χ4n) is 1.36. The molecule has 1 N–H and O–H groups in total. The molecular weight excluding hydrogens is 237 g/mol. The van der Waals surface area contributed by atoms with Crippen molar-refractivity contribution in [2.75, 3.05) is 17.6 Å². The molecule has 0 saturated heterocycles. The van der Waals surface area contributed by atoms with E-state index < -0.39 is 0 Å². The molecule has 1 unspecified atom stereocenters. The maximum atomic E-state index is 5.96. The van der Waals surface area contributed by atoms with Gasteiger partial charge in [0, 0.05) is 22.9 Å². The Hall–Kier alpha value is -0.0500. The van der Waals surface area contributed by atoms with E-state index in [4.69, 9.17) is 23.2 Å². The Morgan fingerprint density at radius 2 is 2.07 bits per heavy atom. The third kappa shape index (κ3) is 2.13. The molecule has 14 heavy (non-hydrogen) atoms. The van der Waals surface area contributed by atoms with E-state index in [1.807, 2.05) is 23.9 Å². The molecular formula is C10H11Cl2NS. The van der Waals surface area contributed by atoms with Crippen LogP contribution in [0.5, 0.6) is 0 Å². The first-order valence-corrected chi connectivity index (χ1v) is 6.26. The maximum absolute atomic E-state index is 5.96. The minimum atomic E-state index is 0.619. The van der Waals surface area contributed by atoms with Gasteiger partial charge in [0.2, 0.25) is 0 Å². The van der Waals surface area contributed by atoms with Crippen molar-refractivity contribution >= 4 is 40.7 Å². The van der Waals surface area contributed by atoms with Gasteiger partial charge in [-0.1, -0.05) is 30.1 Å². The molecule has 0 aliphatic carbocycles. The second-order valence-corrected chi connectivity index (χ2v) is 5.44. The molecule has 4 heteroatoms. The van der Waals surface area contributed by atoms with Crippen LogP contribution in [0.25, 0.3) is 0 Å². The summed E-state index contributed by atoms with van der Waals surface area (Å²) < 4.78 is 0. The number of rotatable bonds is 0. The van der Waals surface area contributed by atoms with Crippen LogP contribution < -0.4 is 5.32 Å². The number of thioether (sulfide) groups is 1. The van der Waals surface area contributed by atoms with Crippen molar-refractivity contribution in [3.63, 3.8) is 0 Å². The van der Waals surface area contributed by atoms with Gasteiger partial charge < -0.3 is 5.32 Å². The second kappa shape index (κ2) is 4.21. The predicted molar refractivity (Wildman–Crippen MR) is 64.8 cm³/mol. The van der Waals surface area contributed by atoms with Crippen molar-refractivity contribution in [1.29, 1.82) is 0 Å². The van der Waals surface area contributed by atoms with Crippen LogP contribution in [-0.2, 0) is 0 Å². The molecule has 0 bridgehead atoms. The molecule has 1 atom stereocenters. The van der Waals surface area contributed by atoms with Crippen LogP contribution in [0.2, 0.25) is 10.0 Å². The molecule has 1 aromatic rings. The summed E-state index contributed by atoms with van der Waals surface area (Å²) in [5.74, 6) is 1.79. The third-order valence-electron chi connectivity index (χ3n) is 2.19. The number of hydrogen-bond donors (Lipinski definition) is 1. The standard InChI is InChI=1S/C10H11Cl2NS/c1-6-4-13-9-2-7(11)8(12)3-10(9)14-5-6/h2-3,6,13H,4-5H2,1H3. The van der Waals surface area contributed by atoms with Crippen molar-refractivity contribution in [2.24, 2.45) is 5.92 Å². The molecule has 0 spiro atoms. The van der Waals surface area contributed by atoms with Crippen LogP contribution in [0.3, 0.4) is 0 Å². The number of anilines is 1.